The summed E-state index contributed by atoms with van der Waals surface area (Å²) in [6, 6.07) is 8.60. The fraction of sp³-hybridized carbons (Fsp3) is 0.429. The summed E-state index contributed by atoms with van der Waals surface area (Å²) >= 11 is 1.89. The van der Waals surface area contributed by atoms with Crippen LogP contribution in [0, 0.1) is 0 Å². The van der Waals surface area contributed by atoms with Crippen molar-refractivity contribution in [2.45, 2.75) is 13.0 Å². The van der Waals surface area contributed by atoms with Crippen LogP contribution < -0.4 is 5.32 Å². The molecule has 0 radical (unpaired) electrons. The van der Waals surface area contributed by atoms with Crippen molar-refractivity contribution < 1.29 is 5.11 Å². The van der Waals surface area contributed by atoms with Crippen molar-refractivity contribution in [1.29, 1.82) is 0 Å². The van der Waals surface area contributed by atoms with Gasteiger partial charge in [-0.3, -0.25) is 0 Å². The number of nitrogens with one attached hydrogen (secondary N) is 2. The van der Waals surface area contributed by atoms with Gasteiger partial charge in [-0.05, 0) is 35.3 Å². The number of rotatable bonds is 8. The number of benzene rings is 1. The van der Waals surface area contributed by atoms with E-state index in [-0.39, 0.29) is 0 Å². The molecule has 0 atom stereocenters. The molecule has 1 aromatic heterocycles. The molecule has 3 N–H and O–H groups in total. The molecular weight excluding hydrogens is 244 g/mol. The van der Waals surface area contributed by atoms with Crippen LogP contribution in [0.15, 0.2) is 30.5 Å². The summed E-state index contributed by atoms with van der Waals surface area (Å²) in [6.45, 7) is 2.23. The lowest BCUT2D eigenvalue weighted by Gasteiger charge is -2.05. The second kappa shape index (κ2) is 7.46. The van der Waals surface area contributed by atoms with E-state index in [1.807, 2.05) is 18.0 Å². The molecule has 0 saturated carbocycles. The lowest BCUT2D eigenvalue weighted by Crippen LogP contribution is -2.16. The first-order valence-corrected chi connectivity index (χ1v) is 7.51. The van der Waals surface area contributed by atoms with Gasteiger partial charge in [0.1, 0.15) is 0 Å². The van der Waals surface area contributed by atoms with Gasteiger partial charge in [-0.2, -0.15) is 11.8 Å². The maximum absolute atomic E-state index is 8.65. The Morgan fingerprint density at radius 3 is 3.06 bits per heavy atom. The van der Waals surface area contributed by atoms with Crippen LogP contribution in [-0.2, 0) is 6.54 Å². The SMILES string of the molecule is OCCCSCCNCc1ccc2cc[nH]c2c1. The first-order chi connectivity index (χ1) is 8.90. The van der Waals surface area contributed by atoms with E-state index in [0.717, 1.165) is 31.0 Å². The topological polar surface area (TPSA) is 48.0 Å². The van der Waals surface area contributed by atoms with Crippen molar-refractivity contribution in [2.24, 2.45) is 0 Å². The largest absolute Gasteiger partial charge is 0.396 e. The van der Waals surface area contributed by atoms with Gasteiger partial charge >= 0.3 is 0 Å². The van der Waals surface area contributed by atoms with Crippen LogP contribution in [0.4, 0.5) is 0 Å². The van der Waals surface area contributed by atoms with Crippen molar-refractivity contribution in [1.82, 2.24) is 10.3 Å². The van der Waals surface area contributed by atoms with Gasteiger partial charge in [0, 0.05) is 37.2 Å². The summed E-state index contributed by atoms with van der Waals surface area (Å²) < 4.78 is 0. The molecular formula is C14H20N2OS. The molecule has 98 valence electrons. The molecule has 0 aliphatic rings. The Balaban J connectivity index is 1.67. The van der Waals surface area contributed by atoms with Crippen LogP contribution in [-0.4, -0.2) is 34.7 Å². The summed E-state index contributed by atoms with van der Waals surface area (Å²) in [6.07, 6.45) is 2.87. The molecule has 1 aromatic carbocycles. The highest BCUT2D eigenvalue weighted by atomic mass is 32.2. The molecule has 1 heterocycles. The molecule has 0 fully saturated rings. The van der Waals surface area contributed by atoms with Gasteiger partial charge in [-0.15, -0.1) is 0 Å². The van der Waals surface area contributed by atoms with Gasteiger partial charge in [0.15, 0.2) is 0 Å². The minimum absolute atomic E-state index is 0.302. The van der Waals surface area contributed by atoms with E-state index in [9.17, 15) is 0 Å². The number of hydrogen-bond acceptors (Lipinski definition) is 3. The van der Waals surface area contributed by atoms with Crippen LogP contribution >= 0.6 is 11.8 Å². The molecule has 0 aliphatic heterocycles. The van der Waals surface area contributed by atoms with Gasteiger partial charge in [0.25, 0.3) is 0 Å². The maximum atomic E-state index is 8.65. The maximum Gasteiger partial charge on any atom is 0.0457 e. The van der Waals surface area contributed by atoms with Gasteiger partial charge < -0.3 is 15.4 Å². The minimum atomic E-state index is 0.302. The number of thioether (sulfide) groups is 1. The van der Waals surface area contributed by atoms with Crippen LogP contribution in [0.25, 0.3) is 10.9 Å². The third kappa shape index (κ3) is 4.05. The summed E-state index contributed by atoms with van der Waals surface area (Å²) in [5.41, 5.74) is 2.51. The highest BCUT2D eigenvalue weighted by Gasteiger charge is 1.97. The van der Waals surface area contributed by atoms with Crippen molar-refractivity contribution in [2.75, 3.05) is 24.7 Å². The van der Waals surface area contributed by atoms with E-state index >= 15 is 0 Å². The lowest BCUT2D eigenvalue weighted by atomic mass is 10.1. The summed E-state index contributed by atoms with van der Waals surface area (Å²) in [5, 5.41) is 13.4. The average molecular weight is 264 g/mol. The Bertz CT molecular complexity index is 470. The average Bonchev–Trinajstić information content (AvgIpc) is 2.85. The number of aromatic amines is 1. The highest BCUT2D eigenvalue weighted by molar-refractivity contribution is 7.99. The van der Waals surface area contributed by atoms with Gasteiger partial charge in [0.2, 0.25) is 0 Å². The fourth-order valence-electron chi connectivity index (χ4n) is 1.85. The van der Waals surface area contributed by atoms with E-state index < -0.39 is 0 Å². The predicted molar refractivity (Wildman–Crippen MR) is 79.0 cm³/mol. The highest BCUT2D eigenvalue weighted by Crippen LogP contribution is 2.13. The van der Waals surface area contributed by atoms with Crippen LogP contribution in [0.1, 0.15) is 12.0 Å². The van der Waals surface area contributed by atoms with Gasteiger partial charge in [-0.1, -0.05) is 12.1 Å². The molecule has 3 nitrogen and oxygen atoms in total. The molecule has 0 spiro atoms. The Morgan fingerprint density at radius 2 is 2.17 bits per heavy atom. The molecule has 0 bridgehead atoms. The first kappa shape index (κ1) is 13.5. The molecule has 2 rings (SSSR count). The second-order valence-electron chi connectivity index (χ2n) is 4.27. The third-order valence-corrected chi connectivity index (χ3v) is 3.89. The normalized spacial score (nSPS) is 11.2. The molecule has 18 heavy (non-hydrogen) atoms. The zero-order valence-corrected chi connectivity index (χ0v) is 11.3. The number of aliphatic hydroxyl groups is 1. The van der Waals surface area contributed by atoms with Crippen molar-refractivity contribution >= 4 is 22.7 Å². The van der Waals surface area contributed by atoms with Crippen molar-refractivity contribution in [3.63, 3.8) is 0 Å². The number of aliphatic hydroxyl groups excluding tert-OH is 1. The lowest BCUT2D eigenvalue weighted by molar-refractivity contribution is 0.296. The molecule has 0 aliphatic carbocycles. The monoisotopic (exact) mass is 264 g/mol. The van der Waals surface area contributed by atoms with Gasteiger partial charge in [0.05, 0.1) is 0 Å². The smallest absolute Gasteiger partial charge is 0.0457 e. The van der Waals surface area contributed by atoms with E-state index in [1.165, 1.54) is 16.5 Å². The first-order valence-electron chi connectivity index (χ1n) is 6.35. The molecule has 0 saturated heterocycles. The van der Waals surface area contributed by atoms with Crippen LogP contribution in [0.5, 0.6) is 0 Å². The Morgan fingerprint density at radius 1 is 1.22 bits per heavy atom. The van der Waals surface area contributed by atoms with E-state index in [4.69, 9.17) is 5.11 Å². The van der Waals surface area contributed by atoms with Crippen LogP contribution in [0.3, 0.4) is 0 Å². The zero-order valence-electron chi connectivity index (χ0n) is 10.5. The Labute approximate surface area is 112 Å². The summed E-state index contributed by atoms with van der Waals surface area (Å²) in [7, 11) is 0. The second-order valence-corrected chi connectivity index (χ2v) is 5.49. The third-order valence-electron chi connectivity index (χ3n) is 2.82. The van der Waals surface area contributed by atoms with E-state index in [1.54, 1.807) is 0 Å². The fourth-order valence-corrected chi connectivity index (χ4v) is 2.68. The quantitative estimate of drug-likeness (QED) is 0.642. The number of hydrogen-bond donors (Lipinski definition) is 3. The number of aromatic nitrogens is 1. The molecule has 0 amide bonds. The Hall–Kier alpha value is -0.970. The summed E-state index contributed by atoms with van der Waals surface area (Å²) in [5.74, 6) is 2.15. The Kier molecular flexibility index (Phi) is 5.58. The van der Waals surface area contributed by atoms with E-state index in [0.29, 0.717) is 6.61 Å². The molecule has 2 aromatic rings. The summed E-state index contributed by atoms with van der Waals surface area (Å²) in [4.78, 5) is 3.23. The van der Waals surface area contributed by atoms with Crippen molar-refractivity contribution in [3.05, 3.63) is 36.0 Å². The number of H-pyrrole nitrogens is 1. The zero-order chi connectivity index (χ0) is 12.6. The number of fused-ring (bicyclic) bond motifs is 1. The van der Waals surface area contributed by atoms with Gasteiger partial charge in [-0.25, -0.2) is 0 Å². The van der Waals surface area contributed by atoms with Crippen LogP contribution in [0.2, 0.25) is 0 Å². The predicted octanol–water partition coefficient (Wildman–Crippen LogP) is 2.37. The molecule has 0 unspecified atom stereocenters. The minimum Gasteiger partial charge on any atom is -0.396 e. The van der Waals surface area contributed by atoms with Crippen molar-refractivity contribution in [3.8, 4) is 0 Å². The standard InChI is InChI=1S/C14H20N2OS/c17-7-1-8-18-9-6-15-11-12-2-3-13-4-5-16-14(13)10-12/h2-5,10,15-17H,1,6-9,11H2. The van der Waals surface area contributed by atoms with E-state index in [2.05, 4.69) is 34.6 Å². The molecule has 4 heteroatoms.